The fourth-order valence-corrected chi connectivity index (χ4v) is 9.48. The predicted molar refractivity (Wildman–Crippen MR) is 229 cm³/mol. The van der Waals surface area contributed by atoms with E-state index < -0.39 is 5.41 Å². The highest BCUT2D eigenvalue weighted by atomic mass is 16.5. The Kier molecular flexibility index (Phi) is 6.66. The summed E-state index contributed by atoms with van der Waals surface area (Å²) < 4.78 is 11.3. The molecule has 6 heterocycles. The molecule has 0 N–H and O–H groups in total. The maximum atomic E-state index is 6.89. The van der Waals surface area contributed by atoms with E-state index in [1.165, 1.54) is 27.6 Å². The molecule has 0 saturated heterocycles. The maximum absolute atomic E-state index is 6.89. The number of hydrogen-bond acceptors (Lipinski definition) is 4. The molecule has 268 valence electrons. The highest BCUT2D eigenvalue weighted by Crippen LogP contribution is 2.54. The Balaban J connectivity index is 1.09. The molecule has 6 aromatic carbocycles. The molecule has 0 bridgehead atoms. The van der Waals surface area contributed by atoms with E-state index in [1.54, 1.807) is 0 Å². The topological polar surface area (TPSA) is 57.2 Å². The Morgan fingerprint density at radius 1 is 0.509 bits per heavy atom. The Bertz CT molecular complexity index is 3360. The number of aromatic nitrogens is 5. The van der Waals surface area contributed by atoms with Crippen molar-refractivity contribution in [3.8, 4) is 28.4 Å². The Hall–Kier alpha value is -7.57. The zero-order valence-electron chi connectivity index (χ0n) is 31.0. The van der Waals surface area contributed by atoms with Gasteiger partial charge in [0, 0.05) is 51.8 Å². The van der Waals surface area contributed by atoms with Crippen LogP contribution in [-0.2, 0) is 5.41 Å². The molecule has 1 aliphatic heterocycles. The summed E-state index contributed by atoms with van der Waals surface area (Å²) in [7, 11) is 0. The van der Waals surface area contributed by atoms with Gasteiger partial charge in [0.25, 0.3) is 0 Å². The molecule has 0 aliphatic carbocycles. The van der Waals surface area contributed by atoms with Crippen molar-refractivity contribution in [3.05, 3.63) is 210 Å². The van der Waals surface area contributed by atoms with Crippen molar-refractivity contribution < 1.29 is 4.74 Å². The summed E-state index contributed by atoms with van der Waals surface area (Å²) in [6.45, 7) is 2.12. The number of rotatable bonds is 5. The van der Waals surface area contributed by atoms with Gasteiger partial charge in [-0.2, -0.15) is 0 Å². The van der Waals surface area contributed by atoms with Crippen LogP contribution in [0.2, 0.25) is 0 Å². The van der Waals surface area contributed by atoms with Crippen LogP contribution in [-0.4, -0.2) is 23.9 Å². The molecule has 11 aromatic rings. The van der Waals surface area contributed by atoms with E-state index in [2.05, 4.69) is 168 Å². The van der Waals surface area contributed by atoms with Gasteiger partial charge in [0.05, 0.1) is 22.3 Å². The monoisotopic (exact) mass is 731 g/mol. The average molecular weight is 732 g/mol. The fourth-order valence-electron chi connectivity index (χ4n) is 9.48. The van der Waals surface area contributed by atoms with E-state index in [-0.39, 0.29) is 0 Å². The van der Waals surface area contributed by atoms with Crippen molar-refractivity contribution >= 4 is 49.4 Å². The van der Waals surface area contributed by atoms with Gasteiger partial charge >= 0.3 is 0 Å². The number of fused-ring (bicyclic) bond motifs is 11. The third kappa shape index (κ3) is 4.43. The van der Waals surface area contributed by atoms with E-state index >= 15 is 0 Å². The highest BCUT2D eigenvalue weighted by Gasteiger charge is 2.45. The zero-order valence-corrected chi connectivity index (χ0v) is 31.0. The average Bonchev–Trinajstić information content (AvgIpc) is 3.87. The van der Waals surface area contributed by atoms with Gasteiger partial charge in [-0.1, -0.05) is 109 Å². The van der Waals surface area contributed by atoms with Crippen LogP contribution in [0.1, 0.15) is 27.8 Å². The van der Waals surface area contributed by atoms with E-state index in [4.69, 9.17) is 19.7 Å². The number of benzene rings is 6. The molecule has 0 saturated carbocycles. The number of hydrogen-bond donors (Lipinski definition) is 0. The number of aryl methyl sites for hydroxylation is 1. The molecule has 12 rings (SSSR count). The summed E-state index contributed by atoms with van der Waals surface area (Å²) in [5, 5.41) is 5.42. The minimum atomic E-state index is -0.598. The second kappa shape index (κ2) is 12.0. The van der Waals surface area contributed by atoms with Crippen molar-refractivity contribution in [2.75, 3.05) is 0 Å². The van der Waals surface area contributed by atoms with Crippen LogP contribution >= 0.6 is 0 Å². The van der Waals surface area contributed by atoms with Gasteiger partial charge in [0.15, 0.2) is 0 Å². The van der Waals surface area contributed by atoms with Gasteiger partial charge < -0.3 is 4.74 Å². The lowest BCUT2D eigenvalue weighted by Gasteiger charge is -2.41. The first-order valence-corrected chi connectivity index (χ1v) is 19.3. The molecular weight excluding hydrogens is 699 g/mol. The molecule has 6 heteroatoms. The van der Waals surface area contributed by atoms with Crippen LogP contribution in [0.5, 0.6) is 11.5 Å². The summed E-state index contributed by atoms with van der Waals surface area (Å²) in [5.41, 5.74) is 12.2. The first kappa shape index (κ1) is 31.7. The minimum absolute atomic E-state index is 0.598. The normalized spacial score (nSPS) is 13.1. The van der Waals surface area contributed by atoms with Crippen LogP contribution < -0.4 is 4.74 Å². The molecule has 0 atom stereocenters. The second-order valence-corrected chi connectivity index (χ2v) is 14.9. The largest absolute Gasteiger partial charge is 0.457 e. The SMILES string of the molecule is Cc1ccccc1-c1cn2c3ncccc3c3ccc(Oc4ccc5c(c4)-n4c6ncccc6c6cccc(c64)C5(c4ccccc4)c4ccccc4)cc3c2n1. The van der Waals surface area contributed by atoms with Gasteiger partial charge in [-0.25, -0.2) is 15.0 Å². The zero-order chi connectivity index (χ0) is 37.7. The maximum Gasteiger partial charge on any atom is 0.147 e. The number of nitrogens with zero attached hydrogens (tertiary/aromatic N) is 5. The molecule has 57 heavy (non-hydrogen) atoms. The van der Waals surface area contributed by atoms with Gasteiger partial charge in [-0.3, -0.25) is 8.97 Å². The summed E-state index contributed by atoms with van der Waals surface area (Å²) in [6, 6.07) is 58.0. The Labute approximate surface area is 327 Å². The van der Waals surface area contributed by atoms with Crippen molar-refractivity contribution in [2.45, 2.75) is 12.3 Å². The summed E-state index contributed by atoms with van der Waals surface area (Å²) in [5.74, 6) is 1.46. The van der Waals surface area contributed by atoms with Crippen molar-refractivity contribution in [3.63, 3.8) is 0 Å². The lowest BCUT2D eigenvalue weighted by Crippen LogP contribution is -2.35. The molecule has 1 aliphatic rings. The number of pyridine rings is 3. The third-order valence-electron chi connectivity index (χ3n) is 11.9. The van der Waals surface area contributed by atoms with Crippen LogP contribution in [0, 0.1) is 6.92 Å². The predicted octanol–water partition coefficient (Wildman–Crippen LogP) is 12.0. The standard InChI is InChI=1S/C51H33N5O/c1-32-13-8-9-18-37(32)45-31-55-48-40(20-11-27-52-48)38-25-23-35(29-42(38)50(55)54-45)57-36-24-26-43-46(30-36)56-47-39(41-21-12-28-53-49(41)56)19-10-22-44(47)51(43,33-14-4-2-5-15-33)34-16-6-3-7-17-34/h2-31H,1H3. The highest BCUT2D eigenvalue weighted by molar-refractivity contribution is 6.12. The number of para-hydroxylation sites is 1. The van der Waals surface area contributed by atoms with Gasteiger partial charge in [-0.05, 0) is 88.7 Å². The van der Waals surface area contributed by atoms with E-state index in [0.29, 0.717) is 0 Å². The van der Waals surface area contributed by atoms with Crippen LogP contribution in [0.4, 0.5) is 0 Å². The molecule has 0 radical (unpaired) electrons. The third-order valence-corrected chi connectivity index (χ3v) is 11.9. The lowest BCUT2D eigenvalue weighted by molar-refractivity contribution is 0.482. The fraction of sp³-hybridized carbons (Fsp3) is 0.0392. The second-order valence-electron chi connectivity index (χ2n) is 14.9. The quantitative estimate of drug-likeness (QED) is 0.165. The van der Waals surface area contributed by atoms with Gasteiger partial charge in [0.2, 0.25) is 0 Å². The lowest BCUT2D eigenvalue weighted by atomic mass is 9.63. The molecule has 5 aromatic heterocycles. The number of ether oxygens (including phenoxy) is 1. The van der Waals surface area contributed by atoms with E-state index in [9.17, 15) is 0 Å². The Morgan fingerprint density at radius 3 is 1.95 bits per heavy atom. The van der Waals surface area contributed by atoms with Gasteiger partial charge in [-0.15, -0.1) is 0 Å². The molecule has 0 spiro atoms. The van der Waals surface area contributed by atoms with Crippen molar-refractivity contribution in [1.82, 2.24) is 23.9 Å². The smallest absolute Gasteiger partial charge is 0.147 e. The van der Waals surface area contributed by atoms with E-state index in [0.717, 1.165) is 78.0 Å². The molecule has 0 unspecified atom stereocenters. The molecule has 0 fully saturated rings. The van der Waals surface area contributed by atoms with Crippen LogP contribution in [0.15, 0.2) is 182 Å². The first-order valence-electron chi connectivity index (χ1n) is 19.3. The van der Waals surface area contributed by atoms with Crippen molar-refractivity contribution in [1.29, 1.82) is 0 Å². The van der Waals surface area contributed by atoms with Crippen LogP contribution in [0.25, 0.3) is 66.3 Å². The van der Waals surface area contributed by atoms with Crippen molar-refractivity contribution in [2.24, 2.45) is 0 Å². The van der Waals surface area contributed by atoms with Gasteiger partial charge in [0.1, 0.15) is 28.4 Å². The molecule has 0 amide bonds. The molecule has 6 nitrogen and oxygen atoms in total. The first-order chi connectivity index (χ1) is 28.2. The number of imidazole rings is 1. The molecular formula is C51H33N5O. The summed E-state index contributed by atoms with van der Waals surface area (Å²) in [4.78, 5) is 15.0. The van der Waals surface area contributed by atoms with E-state index in [1.807, 2.05) is 30.6 Å². The summed E-state index contributed by atoms with van der Waals surface area (Å²) >= 11 is 0. The van der Waals surface area contributed by atoms with Crippen LogP contribution in [0.3, 0.4) is 0 Å². The summed E-state index contributed by atoms with van der Waals surface area (Å²) in [6.07, 6.45) is 5.83. The Morgan fingerprint density at radius 2 is 1.18 bits per heavy atom. The minimum Gasteiger partial charge on any atom is -0.457 e.